The highest BCUT2D eigenvalue weighted by atomic mass is 35.5. The summed E-state index contributed by atoms with van der Waals surface area (Å²) in [4.78, 5) is 14.2. The minimum Gasteiger partial charge on any atom is -0.342 e. The van der Waals surface area contributed by atoms with Crippen molar-refractivity contribution in [3.8, 4) is 0 Å². The predicted molar refractivity (Wildman–Crippen MR) is 87.6 cm³/mol. The summed E-state index contributed by atoms with van der Waals surface area (Å²) in [6, 6.07) is 5.83. The SMILES string of the molecule is CCN(CC)C(=O)Cn1cc(CNC)c2ccc(Cl)cc21. The lowest BCUT2D eigenvalue weighted by Gasteiger charge is -2.19. The fourth-order valence-corrected chi connectivity index (χ4v) is 2.79. The lowest BCUT2D eigenvalue weighted by atomic mass is 10.2. The zero-order valence-electron chi connectivity index (χ0n) is 12.8. The van der Waals surface area contributed by atoms with E-state index in [9.17, 15) is 4.79 Å². The van der Waals surface area contributed by atoms with E-state index in [1.54, 1.807) is 0 Å². The third kappa shape index (κ3) is 3.39. The van der Waals surface area contributed by atoms with Crippen molar-refractivity contribution >= 4 is 28.4 Å². The number of amides is 1. The van der Waals surface area contributed by atoms with Crippen molar-refractivity contribution in [3.05, 3.63) is 35.0 Å². The molecule has 4 nitrogen and oxygen atoms in total. The van der Waals surface area contributed by atoms with Crippen molar-refractivity contribution in [3.63, 3.8) is 0 Å². The fraction of sp³-hybridized carbons (Fsp3) is 0.438. The highest BCUT2D eigenvalue weighted by Crippen LogP contribution is 2.25. The van der Waals surface area contributed by atoms with Crippen molar-refractivity contribution in [1.82, 2.24) is 14.8 Å². The van der Waals surface area contributed by atoms with Gasteiger partial charge in [-0.25, -0.2) is 0 Å². The number of benzene rings is 1. The van der Waals surface area contributed by atoms with Crippen LogP contribution in [-0.4, -0.2) is 35.5 Å². The van der Waals surface area contributed by atoms with Gasteiger partial charge in [0.15, 0.2) is 0 Å². The van der Waals surface area contributed by atoms with Crippen LogP contribution in [0.1, 0.15) is 19.4 Å². The standard InChI is InChI=1S/C16H22ClN3O/c1-4-19(5-2)16(21)11-20-10-12(9-18-3)14-7-6-13(17)8-15(14)20/h6-8,10,18H,4-5,9,11H2,1-3H3. The van der Waals surface area contributed by atoms with Gasteiger partial charge in [0.1, 0.15) is 6.54 Å². The van der Waals surface area contributed by atoms with Gasteiger partial charge in [-0.15, -0.1) is 0 Å². The molecule has 0 fully saturated rings. The van der Waals surface area contributed by atoms with Crippen LogP contribution in [0.25, 0.3) is 10.9 Å². The molecule has 2 aromatic rings. The van der Waals surface area contributed by atoms with Crippen LogP contribution >= 0.6 is 11.6 Å². The summed E-state index contributed by atoms with van der Waals surface area (Å²) in [6.45, 7) is 6.58. The lowest BCUT2D eigenvalue weighted by Crippen LogP contribution is -2.33. The van der Waals surface area contributed by atoms with Crippen molar-refractivity contribution in [2.24, 2.45) is 0 Å². The Bertz CT molecular complexity index is 632. The molecule has 0 atom stereocenters. The average molecular weight is 308 g/mol. The Morgan fingerprint density at radius 3 is 2.67 bits per heavy atom. The normalized spacial score (nSPS) is 11.0. The number of fused-ring (bicyclic) bond motifs is 1. The summed E-state index contributed by atoms with van der Waals surface area (Å²) < 4.78 is 1.99. The maximum atomic E-state index is 12.3. The minimum atomic E-state index is 0.132. The second-order valence-electron chi connectivity index (χ2n) is 5.04. The van der Waals surface area contributed by atoms with Crippen molar-refractivity contribution < 1.29 is 4.79 Å². The van der Waals surface area contributed by atoms with Gasteiger partial charge in [-0.1, -0.05) is 17.7 Å². The molecular weight excluding hydrogens is 286 g/mol. The van der Waals surface area contributed by atoms with Gasteiger partial charge in [-0.2, -0.15) is 0 Å². The fourth-order valence-electron chi connectivity index (χ4n) is 2.63. The number of nitrogens with one attached hydrogen (secondary N) is 1. The molecule has 0 saturated heterocycles. The summed E-state index contributed by atoms with van der Waals surface area (Å²) in [6.07, 6.45) is 2.04. The predicted octanol–water partition coefficient (Wildman–Crippen LogP) is 2.88. The monoisotopic (exact) mass is 307 g/mol. The van der Waals surface area contributed by atoms with Gasteiger partial charge in [0.25, 0.3) is 0 Å². The second-order valence-corrected chi connectivity index (χ2v) is 5.48. The van der Waals surface area contributed by atoms with Gasteiger partial charge in [-0.05, 0) is 38.6 Å². The zero-order chi connectivity index (χ0) is 15.4. The van der Waals surface area contributed by atoms with Gasteiger partial charge < -0.3 is 14.8 Å². The first-order valence-electron chi connectivity index (χ1n) is 7.30. The molecule has 1 N–H and O–H groups in total. The van der Waals surface area contributed by atoms with E-state index in [0.29, 0.717) is 11.6 Å². The van der Waals surface area contributed by atoms with Crippen LogP contribution < -0.4 is 5.32 Å². The third-order valence-corrected chi connectivity index (χ3v) is 3.95. The Morgan fingerprint density at radius 1 is 1.33 bits per heavy atom. The van der Waals surface area contributed by atoms with Gasteiger partial charge >= 0.3 is 0 Å². The summed E-state index contributed by atoms with van der Waals surface area (Å²) in [5.41, 5.74) is 2.18. The number of rotatable bonds is 6. The number of hydrogen-bond acceptors (Lipinski definition) is 2. The van der Waals surface area contributed by atoms with Crippen LogP contribution in [0.4, 0.5) is 0 Å². The second kappa shape index (κ2) is 6.96. The molecule has 0 spiro atoms. The van der Waals surface area contributed by atoms with Crippen LogP contribution in [0.5, 0.6) is 0 Å². The first-order valence-corrected chi connectivity index (χ1v) is 7.68. The molecule has 0 bridgehead atoms. The number of carbonyl (C=O) groups is 1. The average Bonchev–Trinajstić information content (AvgIpc) is 2.78. The molecule has 114 valence electrons. The first-order chi connectivity index (χ1) is 10.1. The van der Waals surface area contributed by atoms with E-state index in [-0.39, 0.29) is 5.91 Å². The van der Waals surface area contributed by atoms with Crippen LogP contribution in [0, 0.1) is 0 Å². The van der Waals surface area contributed by atoms with E-state index in [1.165, 1.54) is 5.56 Å². The summed E-state index contributed by atoms with van der Waals surface area (Å²) >= 11 is 6.11. The molecule has 0 aliphatic rings. The smallest absolute Gasteiger partial charge is 0.242 e. The molecule has 0 radical (unpaired) electrons. The first kappa shape index (κ1) is 15.9. The van der Waals surface area contributed by atoms with Crippen molar-refractivity contribution in [2.75, 3.05) is 20.1 Å². The molecule has 0 aliphatic heterocycles. The molecule has 5 heteroatoms. The summed E-state index contributed by atoms with van der Waals surface area (Å²) in [7, 11) is 1.92. The van der Waals surface area contributed by atoms with E-state index in [2.05, 4.69) is 5.32 Å². The molecule has 1 amide bonds. The quantitative estimate of drug-likeness (QED) is 0.891. The van der Waals surface area contributed by atoms with E-state index >= 15 is 0 Å². The largest absolute Gasteiger partial charge is 0.342 e. The molecule has 0 saturated carbocycles. The zero-order valence-corrected chi connectivity index (χ0v) is 13.6. The van der Waals surface area contributed by atoms with Crippen LogP contribution in [0.15, 0.2) is 24.4 Å². The molecule has 1 heterocycles. The topological polar surface area (TPSA) is 37.3 Å². The van der Waals surface area contributed by atoms with E-state index in [4.69, 9.17) is 11.6 Å². The highest BCUT2D eigenvalue weighted by molar-refractivity contribution is 6.31. The maximum absolute atomic E-state index is 12.3. The molecule has 1 aromatic carbocycles. The molecule has 2 rings (SSSR count). The Hall–Kier alpha value is -1.52. The molecule has 1 aromatic heterocycles. The number of hydrogen-bond donors (Lipinski definition) is 1. The van der Waals surface area contributed by atoms with Crippen LogP contribution in [-0.2, 0) is 17.9 Å². The van der Waals surface area contributed by atoms with E-state index in [1.807, 2.05) is 54.8 Å². The van der Waals surface area contributed by atoms with Crippen LogP contribution in [0.3, 0.4) is 0 Å². The maximum Gasteiger partial charge on any atom is 0.242 e. The van der Waals surface area contributed by atoms with Gasteiger partial charge in [0.2, 0.25) is 5.91 Å². The van der Waals surface area contributed by atoms with Gasteiger partial charge in [0, 0.05) is 36.2 Å². The molecular formula is C16H22ClN3O. The van der Waals surface area contributed by atoms with Crippen LogP contribution in [0.2, 0.25) is 5.02 Å². The summed E-state index contributed by atoms with van der Waals surface area (Å²) in [5, 5.41) is 4.99. The Morgan fingerprint density at radius 2 is 2.05 bits per heavy atom. The van der Waals surface area contributed by atoms with Crippen molar-refractivity contribution in [1.29, 1.82) is 0 Å². The molecule has 0 aliphatic carbocycles. The van der Waals surface area contributed by atoms with Gasteiger partial charge in [-0.3, -0.25) is 4.79 Å². The van der Waals surface area contributed by atoms with E-state index < -0.39 is 0 Å². The number of carbonyl (C=O) groups excluding carboxylic acids is 1. The molecule has 21 heavy (non-hydrogen) atoms. The Kier molecular flexibility index (Phi) is 5.26. The number of halogens is 1. The Labute approximate surface area is 130 Å². The Balaban J connectivity index is 2.38. The summed E-state index contributed by atoms with van der Waals surface area (Å²) in [5.74, 6) is 0.132. The number of likely N-dealkylation sites (N-methyl/N-ethyl adjacent to an activating group) is 1. The molecule has 0 unspecified atom stereocenters. The number of aromatic nitrogens is 1. The lowest BCUT2D eigenvalue weighted by molar-refractivity contribution is -0.131. The van der Waals surface area contributed by atoms with Crippen molar-refractivity contribution in [2.45, 2.75) is 26.9 Å². The van der Waals surface area contributed by atoms with E-state index in [0.717, 1.165) is 30.5 Å². The minimum absolute atomic E-state index is 0.132. The number of nitrogens with zero attached hydrogens (tertiary/aromatic N) is 2. The highest BCUT2D eigenvalue weighted by Gasteiger charge is 2.14. The third-order valence-electron chi connectivity index (χ3n) is 3.72. The van der Waals surface area contributed by atoms with Gasteiger partial charge in [0.05, 0.1) is 5.52 Å².